The van der Waals surface area contributed by atoms with Gasteiger partial charge in [0, 0.05) is 5.56 Å². The maximum Gasteiger partial charge on any atom is 0.125 e. The van der Waals surface area contributed by atoms with Gasteiger partial charge in [-0.25, -0.2) is 0 Å². The highest BCUT2D eigenvalue weighted by Crippen LogP contribution is 2.35. The van der Waals surface area contributed by atoms with Crippen LogP contribution in [0.3, 0.4) is 0 Å². The highest BCUT2D eigenvalue weighted by Gasteiger charge is 2.18. The number of benzene rings is 1. The molecule has 0 saturated heterocycles. The van der Waals surface area contributed by atoms with Crippen molar-refractivity contribution in [2.75, 3.05) is 13.7 Å². The summed E-state index contributed by atoms with van der Waals surface area (Å²) in [6.07, 6.45) is 1.05. The van der Waals surface area contributed by atoms with Gasteiger partial charge in [-0.15, -0.1) is 0 Å². The Kier molecular flexibility index (Phi) is 4.36. The van der Waals surface area contributed by atoms with Crippen molar-refractivity contribution in [3.63, 3.8) is 0 Å². The van der Waals surface area contributed by atoms with E-state index in [2.05, 4.69) is 33.8 Å². The minimum atomic E-state index is 0.397. The Morgan fingerprint density at radius 2 is 1.88 bits per heavy atom. The van der Waals surface area contributed by atoms with Gasteiger partial charge in [-0.1, -0.05) is 13.0 Å². The Morgan fingerprint density at radius 3 is 2.31 bits per heavy atom. The molecule has 0 aliphatic carbocycles. The minimum absolute atomic E-state index is 0.397. The zero-order valence-electron chi connectivity index (χ0n) is 11.1. The van der Waals surface area contributed by atoms with Crippen LogP contribution in [0, 0.1) is 20.8 Å². The molecule has 2 nitrogen and oxygen atoms in total. The molecule has 0 aliphatic rings. The highest BCUT2D eigenvalue weighted by atomic mass is 16.5. The molecule has 0 radical (unpaired) electrons. The Morgan fingerprint density at radius 1 is 1.25 bits per heavy atom. The zero-order valence-corrected chi connectivity index (χ0v) is 11.1. The molecule has 0 saturated carbocycles. The van der Waals surface area contributed by atoms with Crippen LogP contribution in [-0.4, -0.2) is 13.7 Å². The molecule has 1 unspecified atom stereocenters. The molecule has 16 heavy (non-hydrogen) atoms. The maximum atomic E-state index is 5.84. The molecule has 1 aromatic rings. The standard InChI is InChI=1S/C14H23NO/c1-6-12(8-15)13-10(3)7-9(2)11(4)14(13)16-5/h7,12H,6,8,15H2,1-5H3. The lowest BCUT2D eigenvalue weighted by Crippen LogP contribution is -2.14. The van der Waals surface area contributed by atoms with Crippen molar-refractivity contribution >= 4 is 0 Å². The molecule has 0 aliphatic heterocycles. The smallest absolute Gasteiger partial charge is 0.125 e. The number of methoxy groups -OCH3 is 1. The van der Waals surface area contributed by atoms with Crippen molar-refractivity contribution in [1.82, 2.24) is 0 Å². The van der Waals surface area contributed by atoms with Crippen molar-refractivity contribution in [3.8, 4) is 5.75 Å². The minimum Gasteiger partial charge on any atom is -0.496 e. The van der Waals surface area contributed by atoms with E-state index in [0.717, 1.165) is 12.2 Å². The van der Waals surface area contributed by atoms with E-state index in [1.54, 1.807) is 7.11 Å². The SMILES string of the molecule is CCC(CN)c1c(C)cc(C)c(C)c1OC. The largest absolute Gasteiger partial charge is 0.496 e. The van der Waals surface area contributed by atoms with Crippen LogP contribution in [0.4, 0.5) is 0 Å². The molecule has 2 N–H and O–H groups in total. The van der Waals surface area contributed by atoms with Crippen LogP contribution in [0.15, 0.2) is 6.07 Å². The van der Waals surface area contributed by atoms with Gasteiger partial charge in [0.25, 0.3) is 0 Å². The Bertz CT molecular complexity index is 367. The molecular weight excluding hydrogens is 198 g/mol. The van der Waals surface area contributed by atoms with Crippen molar-refractivity contribution in [1.29, 1.82) is 0 Å². The molecule has 0 spiro atoms. The van der Waals surface area contributed by atoms with Gasteiger partial charge in [0.2, 0.25) is 0 Å². The number of aryl methyl sites for hydroxylation is 2. The lowest BCUT2D eigenvalue weighted by Gasteiger charge is -2.22. The topological polar surface area (TPSA) is 35.2 Å². The van der Waals surface area contributed by atoms with Crippen molar-refractivity contribution in [2.24, 2.45) is 5.73 Å². The predicted octanol–water partition coefficient (Wildman–Crippen LogP) is 3.07. The quantitative estimate of drug-likeness (QED) is 0.848. The molecule has 0 aromatic heterocycles. The average Bonchev–Trinajstić information content (AvgIpc) is 2.27. The van der Waals surface area contributed by atoms with Crippen molar-refractivity contribution < 1.29 is 4.74 Å². The summed E-state index contributed by atoms with van der Waals surface area (Å²) in [5.74, 6) is 1.42. The van der Waals surface area contributed by atoms with Crippen LogP contribution in [0.5, 0.6) is 5.75 Å². The lowest BCUT2D eigenvalue weighted by atomic mass is 9.88. The summed E-state index contributed by atoms with van der Waals surface area (Å²) in [5, 5.41) is 0. The first kappa shape index (κ1) is 13.0. The lowest BCUT2D eigenvalue weighted by molar-refractivity contribution is 0.400. The summed E-state index contributed by atoms with van der Waals surface area (Å²) < 4.78 is 5.57. The number of rotatable bonds is 4. The van der Waals surface area contributed by atoms with E-state index in [-0.39, 0.29) is 0 Å². The maximum absolute atomic E-state index is 5.84. The summed E-state index contributed by atoms with van der Waals surface area (Å²) in [6, 6.07) is 2.23. The van der Waals surface area contributed by atoms with E-state index in [1.807, 2.05) is 0 Å². The first-order valence-corrected chi connectivity index (χ1v) is 5.91. The van der Waals surface area contributed by atoms with E-state index < -0.39 is 0 Å². The van der Waals surface area contributed by atoms with E-state index >= 15 is 0 Å². The van der Waals surface area contributed by atoms with Crippen LogP contribution in [0.25, 0.3) is 0 Å². The monoisotopic (exact) mass is 221 g/mol. The fourth-order valence-electron chi connectivity index (χ4n) is 2.33. The fraction of sp³-hybridized carbons (Fsp3) is 0.571. The number of nitrogens with two attached hydrogens (primary N) is 1. The third-order valence-corrected chi connectivity index (χ3v) is 3.42. The second-order valence-corrected chi connectivity index (χ2v) is 4.42. The van der Waals surface area contributed by atoms with Gasteiger partial charge in [-0.05, 0) is 56.3 Å². The van der Waals surface area contributed by atoms with E-state index in [9.17, 15) is 0 Å². The highest BCUT2D eigenvalue weighted by molar-refractivity contribution is 5.51. The van der Waals surface area contributed by atoms with Gasteiger partial charge in [-0.3, -0.25) is 0 Å². The Balaban J connectivity index is 3.41. The normalized spacial score (nSPS) is 12.6. The van der Waals surface area contributed by atoms with Crippen molar-refractivity contribution in [3.05, 3.63) is 28.3 Å². The van der Waals surface area contributed by atoms with Gasteiger partial charge in [0.05, 0.1) is 7.11 Å². The second-order valence-electron chi connectivity index (χ2n) is 4.42. The Hall–Kier alpha value is -1.02. The van der Waals surface area contributed by atoms with Crippen LogP contribution < -0.4 is 10.5 Å². The average molecular weight is 221 g/mol. The molecule has 90 valence electrons. The van der Waals surface area contributed by atoms with E-state index in [4.69, 9.17) is 10.5 Å². The molecule has 1 atom stereocenters. The van der Waals surface area contributed by atoms with Gasteiger partial charge < -0.3 is 10.5 Å². The molecular formula is C14H23NO. The molecule has 1 aromatic carbocycles. The first-order valence-electron chi connectivity index (χ1n) is 5.91. The van der Waals surface area contributed by atoms with Gasteiger partial charge in [0.15, 0.2) is 0 Å². The summed E-state index contributed by atoms with van der Waals surface area (Å²) in [5.41, 5.74) is 10.9. The summed E-state index contributed by atoms with van der Waals surface area (Å²) in [4.78, 5) is 0. The first-order chi connectivity index (χ1) is 7.56. The third-order valence-electron chi connectivity index (χ3n) is 3.42. The molecule has 0 amide bonds. The van der Waals surface area contributed by atoms with Crippen LogP contribution >= 0.6 is 0 Å². The van der Waals surface area contributed by atoms with Gasteiger partial charge in [0.1, 0.15) is 5.75 Å². The predicted molar refractivity (Wildman–Crippen MR) is 69.3 cm³/mol. The van der Waals surface area contributed by atoms with Gasteiger partial charge in [-0.2, -0.15) is 0 Å². The summed E-state index contributed by atoms with van der Waals surface area (Å²) >= 11 is 0. The number of hydrogen-bond acceptors (Lipinski definition) is 2. The molecule has 2 heteroatoms. The van der Waals surface area contributed by atoms with Crippen LogP contribution in [-0.2, 0) is 0 Å². The van der Waals surface area contributed by atoms with Gasteiger partial charge >= 0.3 is 0 Å². The molecule has 1 rings (SSSR count). The number of hydrogen-bond donors (Lipinski definition) is 1. The molecule has 0 heterocycles. The summed E-state index contributed by atoms with van der Waals surface area (Å²) in [7, 11) is 1.74. The Labute approximate surface area is 98.8 Å². The molecule has 0 fully saturated rings. The van der Waals surface area contributed by atoms with Crippen LogP contribution in [0.1, 0.15) is 41.5 Å². The van der Waals surface area contributed by atoms with Crippen LogP contribution in [0.2, 0.25) is 0 Å². The van der Waals surface area contributed by atoms with E-state index in [0.29, 0.717) is 12.5 Å². The van der Waals surface area contributed by atoms with E-state index in [1.165, 1.54) is 22.3 Å². The molecule has 0 bridgehead atoms. The second kappa shape index (κ2) is 5.35. The summed E-state index contributed by atoms with van der Waals surface area (Å²) in [6.45, 7) is 9.22. The van der Waals surface area contributed by atoms with Crippen molar-refractivity contribution in [2.45, 2.75) is 40.0 Å². The fourth-order valence-corrected chi connectivity index (χ4v) is 2.33. The number of ether oxygens (including phenoxy) is 1. The zero-order chi connectivity index (χ0) is 12.3. The third kappa shape index (κ3) is 2.22.